The van der Waals surface area contributed by atoms with Crippen LogP contribution in [0.15, 0.2) is 24.3 Å². The number of allylic oxidation sites excluding steroid dienone is 4. The van der Waals surface area contributed by atoms with E-state index in [4.69, 9.17) is 4.74 Å². The topological polar surface area (TPSA) is 99.4 Å². The molecule has 2 atom stereocenters. The SMILES string of the molecule is CC(C)(C)OC(=O)N[C@@H](CC1(C#N)C=CC=CC1)C(=O)O. The summed E-state index contributed by atoms with van der Waals surface area (Å²) in [5.74, 6) is -1.20. The summed E-state index contributed by atoms with van der Waals surface area (Å²) >= 11 is 0. The number of nitrogens with zero attached hydrogens (tertiary/aromatic N) is 1. The highest BCUT2D eigenvalue weighted by Gasteiger charge is 2.35. The van der Waals surface area contributed by atoms with Crippen LogP contribution >= 0.6 is 0 Å². The summed E-state index contributed by atoms with van der Waals surface area (Å²) < 4.78 is 5.05. The number of carbonyl (C=O) groups excluding carboxylic acids is 1. The molecule has 114 valence electrons. The van der Waals surface area contributed by atoms with Crippen LogP contribution in [0.4, 0.5) is 4.79 Å². The van der Waals surface area contributed by atoms with Gasteiger partial charge < -0.3 is 15.2 Å². The molecule has 2 N–H and O–H groups in total. The summed E-state index contributed by atoms with van der Waals surface area (Å²) in [5.41, 5.74) is -1.64. The van der Waals surface area contributed by atoms with Crippen LogP contribution in [0.25, 0.3) is 0 Å². The van der Waals surface area contributed by atoms with E-state index in [9.17, 15) is 20.0 Å². The molecule has 1 unspecified atom stereocenters. The number of hydrogen-bond acceptors (Lipinski definition) is 4. The predicted octanol–water partition coefficient (Wildman–Crippen LogP) is 2.38. The molecule has 0 fully saturated rings. The second-order valence-corrected chi connectivity index (χ2v) is 6.00. The lowest BCUT2D eigenvalue weighted by Gasteiger charge is -2.28. The Bertz CT molecular complexity index is 511. The first-order valence-electron chi connectivity index (χ1n) is 6.65. The molecule has 6 nitrogen and oxygen atoms in total. The molecule has 1 amide bonds. The van der Waals surface area contributed by atoms with Gasteiger partial charge in [-0.1, -0.05) is 24.3 Å². The van der Waals surface area contributed by atoms with Crippen LogP contribution in [0.2, 0.25) is 0 Å². The number of nitriles is 1. The number of carboxylic acids is 1. The zero-order valence-corrected chi connectivity index (χ0v) is 12.4. The molecule has 1 aliphatic rings. The van der Waals surface area contributed by atoms with E-state index in [0.29, 0.717) is 6.42 Å². The highest BCUT2D eigenvalue weighted by molar-refractivity contribution is 5.80. The number of nitrogens with one attached hydrogen (secondary N) is 1. The molecule has 0 heterocycles. The van der Waals surface area contributed by atoms with Gasteiger partial charge in [-0.15, -0.1) is 0 Å². The minimum Gasteiger partial charge on any atom is -0.480 e. The molecule has 21 heavy (non-hydrogen) atoms. The minimum absolute atomic E-state index is 0.0150. The Morgan fingerprint density at radius 1 is 1.48 bits per heavy atom. The van der Waals surface area contributed by atoms with Crippen LogP contribution < -0.4 is 5.32 Å². The highest BCUT2D eigenvalue weighted by Crippen LogP contribution is 2.32. The van der Waals surface area contributed by atoms with Gasteiger partial charge in [-0.05, 0) is 27.2 Å². The van der Waals surface area contributed by atoms with Gasteiger partial charge in [0.15, 0.2) is 0 Å². The van der Waals surface area contributed by atoms with Gasteiger partial charge in [0.1, 0.15) is 11.6 Å². The smallest absolute Gasteiger partial charge is 0.408 e. The van der Waals surface area contributed by atoms with Crippen molar-refractivity contribution in [1.29, 1.82) is 5.26 Å². The van der Waals surface area contributed by atoms with Gasteiger partial charge in [-0.2, -0.15) is 5.26 Å². The van der Waals surface area contributed by atoms with Crippen LogP contribution in [0.3, 0.4) is 0 Å². The molecule has 1 rings (SSSR count). The number of rotatable bonds is 4. The third-order valence-electron chi connectivity index (χ3n) is 2.92. The molecular weight excluding hydrogens is 272 g/mol. The molecule has 6 heteroatoms. The van der Waals surface area contributed by atoms with Gasteiger partial charge in [0.25, 0.3) is 0 Å². The first kappa shape index (κ1) is 16.8. The van der Waals surface area contributed by atoms with Crippen molar-refractivity contribution in [1.82, 2.24) is 5.32 Å². The van der Waals surface area contributed by atoms with E-state index in [1.165, 1.54) is 0 Å². The molecule has 1 aliphatic carbocycles. The largest absolute Gasteiger partial charge is 0.480 e. The van der Waals surface area contributed by atoms with Gasteiger partial charge in [-0.25, -0.2) is 9.59 Å². The van der Waals surface area contributed by atoms with Crippen molar-refractivity contribution < 1.29 is 19.4 Å². The lowest BCUT2D eigenvalue weighted by atomic mass is 9.78. The maximum Gasteiger partial charge on any atom is 0.408 e. The van der Waals surface area contributed by atoms with E-state index in [1.54, 1.807) is 45.1 Å². The summed E-state index contributed by atoms with van der Waals surface area (Å²) in [6.07, 6.45) is 6.57. The second kappa shape index (κ2) is 6.44. The molecule has 0 aromatic carbocycles. The molecule has 0 aliphatic heterocycles. The van der Waals surface area contributed by atoms with Gasteiger partial charge >= 0.3 is 12.1 Å². The van der Waals surface area contributed by atoms with Crippen molar-refractivity contribution in [2.45, 2.75) is 45.3 Å². The number of carboxylic acid groups (broad SMARTS) is 1. The average molecular weight is 292 g/mol. The van der Waals surface area contributed by atoms with Crippen molar-refractivity contribution in [3.63, 3.8) is 0 Å². The fourth-order valence-corrected chi connectivity index (χ4v) is 1.96. The van der Waals surface area contributed by atoms with Crippen LogP contribution in [0, 0.1) is 16.7 Å². The quantitative estimate of drug-likeness (QED) is 0.828. The van der Waals surface area contributed by atoms with E-state index >= 15 is 0 Å². The van der Waals surface area contributed by atoms with E-state index < -0.39 is 29.1 Å². The number of alkyl carbamates (subject to hydrolysis) is 1. The molecule has 0 spiro atoms. The molecule has 0 radical (unpaired) electrons. The average Bonchev–Trinajstić information content (AvgIpc) is 2.36. The summed E-state index contributed by atoms with van der Waals surface area (Å²) in [6.45, 7) is 5.06. The Hall–Kier alpha value is -2.29. The van der Waals surface area contributed by atoms with Gasteiger partial charge in [0.05, 0.1) is 11.5 Å². The zero-order chi connectivity index (χ0) is 16.1. The fraction of sp³-hybridized carbons (Fsp3) is 0.533. The standard InChI is InChI=1S/C15H20N2O4/c1-14(2,3)21-13(20)17-11(12(18)19)9-15(10-16)7-5-4-6-8-15/h4-7,11H,8-9H2,1-3H3,(H,17,20)(H,18,19)/t11-,15?/m0/s1. The molecule has 0 saturated heterocycles. The molecular formula is C15H20N2O4. The third kappa shape index (κ3) is 5.30. The minimum atomic E-state index is -1.20. The van der Waals surface area contributed by atoms with Crippen molar-refractivity contribution in [3.05, 3.63) is 24.3 Å². The number of aliphatic carboxylic acids is 1. The van der Waals surface area contributed by atoms with E-state index in [2.05, 4.69) is 11.4 Å². The molecule has 0 aromatic heterocycles. The summed E-state index contributed by atoms with van der Waals surface area (Å²) in [7, 11) is 0. The Morgan fingerprint density at radius 3 is 2.57 bits per heavy atom. The lowest BCUT2D eigenvalue weighted by Crippen LogP contribution is -2.46. The van der Waals surface area contributed by atoms with Gasteiger partial charge in [-0.3, -0.25) is 0 Å². The number of carbonyl (C=O) groups is 2. The van der Waals surface area contributed by atoms with Crippen LogP contribution in [0.5, 0.6) is 0 Å². The summed E-state index contributed by atoms with van der Waals surface area (Å²) in [6, 6.07) is 0.946. The van der Waals surface area contributed by atoms with Crippen LogP contribution in [-0.2, 0) is 9.53 Å². The third-order valence-corrected chi connectivity index (χ3v) is 2.92. The monoisotopic (exact) mass is 292 g/mol. The Kier molecular flexibility index (Phi) is 5.14. The summed E-state index contributed by atoms with van der Waals surface area (Å²) in [5, 5.41) is 20.9. The maximum atomic E-state index is 11.7. The summed E-state index contributed by atoms with van der Waals surface area (Å²) in [4.78, 5) is 23.0. The van der Waals surface area contributed by atoms with Crippen molar-refractivity contribution in [2.75, 3.05) is 0 Å². The Balaban J connectivity index is 2.77. The van der Waals surface area contributed by atoms with Gasteiger partial charge in [0, 0.05) is 6.42 Å². The van der Waals surface area contributed by atoms with Crippen LogP contribution in [0.1, 0.15) is 33.6 Å². The first-order valence-corrected chi connectivity index (χ1v) is 6.65. The van der Waals surface area contributed by atoms with Gasteiger partial charge in [0.2, 0.25) is 0 Å². The van der Waals surface area contributed by atoms with E-state index in [1.807, 2.05) is 0 Å². The van der Waals surface area contributed by atoms with Crippen molar-refractivity contribution in [2.24, 2.45) is 5.41 Å². The zero-order valence-electron chi connectivity index (χ0n) is 12.4. The molecule has 0 saturated carbocycles. The molecule has 0 bridgehead atoms. The Morgan fingerprint density at radius 2 is 2.14 bits per heavy atom. The van der Waals surface area contributed by atoms with Crippen molar-refractivity contribution >= 4 is 12.1 Å². The normalized spacial score (nSPS) is 22.2. The van der Waals surface area contributed by atoms with Crippen LogP contribution in [-0.4, -0.2) is 28.8 Å². The first-order chi connectivity index (χ1) is 9.67. The molecule has 0 aromatic rings. The predicted molar refractivity (Wildman–Crippen MR) is 76.4 cm³/mol. The lowest BCUT2D eigenvalue weighted by molar-refractivity contribution is -0.140. The van der Waals surface area contributed by atoms with E-state index in [-0.39, 0.29) is 6.42 Å². The fourth-order valence-electron chi connectivity index (χ4n) is 1.96. The Labute approximate surface area is 124 Å². The number of hydrogen-bond donors (Lipinski definition) is 2. The van der Waals surface area contributed by atoms with E-state index in [0.717, 1.165) is 0 Å². The number of ether oxygens (including phenoxy) is 1. The maximum absolute atomic E-state index is 11.7. The van der Waals surface area contributed by atoms with Crippen molar-refractivity contribution in [3.8, 4) is 6.07 Å². The second-order valence-electron chi connectivity index (χ2n) is 6.00. The number of amides is 1. The highest BCUT2D eigenvalue weighted by atomic mass is 16.6.